The van der Waals surface area contributed by atoms with Crippen LogP contribution in [-0.2, 0) is 0 Å². The minimum Gasteiger partial charge on any atom is -0.416 e. The van der Waals surface area contributed by atoms with Crippen molar-refractivity contribution in [2.75, 3.05) is 0 Å². The maximum Gasteiger partial charge on any atom is 0.284 e. The number of rotatable bonds is 6. The molecule has 0 spiro atoms. The van der Waals surface area contributed by atoms with Crippen molar-refractivity contribution in [1.82, 2.24) is 15.2 Å². The van der Waals surface area contributed by atoms with Crippen LogP contribution in [0, 0.1) is 22.9 Å². The maximum absolute atomic E-state index is 13.5. The van der Waals surface area contributed by atoms with E-state index in [1.54, 1.807) is 24.3 Å². The minimum absolute atomic E-state index is 0.0502. The molecule has 2 heterocycles. The highest BCUT2D eigenvalue weighted by Crippen LogP contribution is 2.38. The van der Waals surface area contributed by atoms with Crippen molar-refractivity contribution in [3.63, 3.8) is 0 Å². The lowest BCUT2D eigenvalue weighted by molar-refractivity contribution is -0.387. The Labute approximate surface area is 226 Å². The topological polar surface area (TPSA) is 95.0 Å². The molecule has 0 aliphatic heterocycles. The zero-order valence-corrected chi connectivity index (χ0v) is 21.4. The van der Waals surface area contributed by atoms with E-state index in [1.807, 2.05) is 61.5 Å². The number of nitro benzene ring substituents is 1. The molecule has 0 bridgehead atoms. The number of halogens is 1. The number of aromatic nitrogens is 3. The van der Waals surface area contributed by atoms with Gasteiger partial charge in [-0.25, -0.2) is 9.37 Å². The van der Waals surface area contributed by atoms with Gasteiger partial charge in [0.25, 0.3) is 5.69 Å². The lowest BCUT2D eigenvalue weighted by Gasteiger charge is -2.07. The summed E-state index contributed by atoms with van der Waals surface area (Å²) in [6, 6.07) is 28.1. The second-order valence-corrected chi connectivity index (χ2v) is 9.96. The Kier molecular flexibility index (Phi) is 6.34. The van der Waals surface area contributed by atoms with Crippen LogP contribution >= 0.6 is 11.8 Å². The predicted octanol–water partition coefficient (Wildman–Crippen LogP) is 8.13. The zero-order valence-electron chi connectivity index (χ0n) is 20.5. The van der Waals surface area contributed by atoms with Gasteiger partial charge in [0.05, 0.1) is 26.6 Å². The molecule has 7 nitrogen and oxygen atoms in total. The predicted molar refractivity (Wildman–Crippen MR) is 148 cm³/mol. The Bertz CT molecular complexity index is 1840. The molecule has 0 radical (unpaired) electrons. The molecule has 0 unspecified atom stereocenters. The lowest BCUT2D eigenvalue weighted by Crippen LogP contribution is -1.92. The van der Waals surface area contributed by atoms with Gasteiger partial charge in [0.2, 0.25) is 11.8 Å². The third-order valence-electron chi connectivity index (χ3n) is 6.16. The Balaban J connectivity index is 1.39. The molecule has 0 N–H and O–H groups in total. The Hall–Kier alpha value is -4.89. The van der Waals surface area contributed by atoms with Gasteiger partial charge in [0, 0.05) is 27.5 Å². The minimum atomic E-state index is -0.414. The monoisotopic (exact) mass is 534 g/mol. The number of benzene rings is 4. The normalized spacial score (nSPS) is 11.1. The van der Waals surface area contributed by atoms with Crippen LogP contribution in [0.1, 0.15) is 5.56 Å². The average molecular weight is 535 g/mol. The zero-order chi connectivity index (χ0) is 26.9. The van der Waals surface area contributed by atoms with Crippen molar-refractivity contribution in [3.05, 3.63) is 119 Å². The van der Waals surface area contributed by atoms with Crippen LogP contribution < -0.4 is 0 Å². The standard InChI is InChI=1S/C30H19FN4O3S/c1-18-6-13-22(14-7-18)39-28-15-10-20(16-27(28)35(36)37)29-33-34-30(38-29)24-17-26(19-8-11-21(31)12-9-19)32-25-5-3-2-4-23(24)25/h2-17H,1H3. The van der Waals surface area contributed by atoms with Crippen LogP contribution in [0.5, 0.6) is 0 Å². The molecule has 2 aromatic heterocycles. The van der Waals surface area contributed by atoms with Crippen molar-refractivity contribution in [1.29, 1.82) is 0 Å². The molecule has 0 fully saturated rings. The van der Waals surface area contributed by atoms with Crippen molar-refractivity contribution < 1.29 is 13.7 Å². The molecule has 9 heteroatoms. The van der Waals surface area contributed by atoms with E-state index in [0.717, 1.165) is 21.4 Å². The van der Waals surface area contributed by atoms with Gasteiger partial charge >= 0.3 is 0 Å². The molecular weight excluding hydrogens is 515 g/mol. The maximum atomic E-state index is 13.5. The van der Waals surface area contributed by atoms with Gasteiger partial charge in [-0.05, 0) is 67.6 Å². The van der Waals surface area contributed by atoms with Gasteiger partial charge in [0.15, 0.2) is 0 Å². The van der Waals surface area contributed by atoms with Crippen molar-refractivity contribution in [2.24, 2.45) is 0 Å². The van der Waals surface area contributed by atoms with Crippen LogP contribution in [0.25, 0.3) is 45.1 Å². The fourth-order valence-corrected chi connectivity index (χ4v) is 5.08. The summed E-state index contributed by atoms with van der Waals surface area (Å²) in [5, 5.41) is 21.2. The van der Waals surface area contributed by atoms with Crippen LogP contribution in [-0.4, -0.2) is 20.1 Å². The van der Waals surface area contributed by atoms with Crippen molar-refractivity contribution in [3.8, 4) is 34.2 Å². The SMILES string of the molecule is Cc1ccc(Sc2ccc(-c3nnc(-c4cc(-c5ccc(F)cc5)nc5ccccc45)o3)cc2[N+](=O)[O-])cc1. The molecule has 0 saturated heterocycles. The average Bonchev–Trinajstić information content (AvgIpc) is 3.44. The second-order valence-electron chi connectivity index (χ2n) is 8.85. The third kappa shape index (κ3) is 4.99. The first kappa shape index (κ1) is 24.4. The van der Waals surface area contributed by atoms with E-state index in [9.17, 15) is 14.5 Å². The largest absolute Gasteiger partial charge is 0.416 e. The van der Waals surface area contributed by atoms with Gasteiger partial charge in [-0.2, -0.15) is 0 Å². The van der Waals surface area contributed by atoms with Crippen LogP contribution in [0.2, 0.25) is 0 Å². The molecular formula is C30H19FN4O3S. The summed E-state index contributed by atoms with van der Waals surface area (Å²) < 4.78 is 19.5. The number of para-hydroxylation sites is 1. The van der Waals surface area contributed by atoms with Crippen LogP contribution in [0.15, 0.2) is 111 Å². The Morgan fingerprint density at radius 1 is 0.846 bits per heavy atom. The first-order valence-corrected chi connectivity index (χ1v) is 12.8. The second kappa shape index (κ2) is 10.1. The summed E-state index contributed by atoms with van der Waals surface area (Å²) >= 11 is 1.32. The van der Waals surface area contributed by atoms with Gasteiger partial charge in [-0.15, -0.1) is 10.2 Å². The van der Waals surface area contributed by atoms with Crippen molar-refractivity contribution >= 4 is 28.4 Å². The fourth-order valence-electron chi connectivity index (χ4n) is 4.18. The number of hydrogen-bond acceptors (Lipinski definition) is 7. The molecule has 0 aliphatic carbocycles. The number of nitrogens with zero attached hydrogens (tertiary/aromatic N) is 4. The third-order valence-corrected chi connectivity index (χ3v) is 7.24. The highest BCUT2D eigenvalue weighted by atomic mass is 32.2. The van der Waals surface area contributed by atoms with E-state index >= 15 is 0 Å². The van der Waals surface area contributed by atoms with E-state index in [1.165, 1.54) is 30.0 Å². The van der Waals surface area contributed by atoms with Gasteiger partial charge < -0.3 is 4.42 Å². The van der Waals surface area contributed by atoms with Gasteiger partial charge in [-0.1, -0.05) is 47.7 Å². The van der Waals surface area contributed by atoms with E-state index < -0.39 is 4.92 Å². The summed E-state index contributed by atoms with van der Waals surface area (Å²) in [6.07, 6.45) is 0. The highest BCUT2D eigenvalue weighted by molar-refractivity contribution is 7.99. The molecule has 0 atom stereocenters. The molecule has 0 saturated carbocycles. The number of pyridine rings is 1. The molecule has 6 aromatic rings. The molecule has 0 aliphatic rings. The van der Waals surface area contributed by atoms with Crippen LogP contribution in [0.3, 0.4) is 0 Å². The quantitative estimate of drug-likeness (QED) is 0.157. The van der Waals surface area contributed by atoms with E-state index in [2.05, 4.69) is 10.2 Å². The summed E-state index contributed by atoms with van der Waals surface area (Å²) in [6.45, 7) is 1.99. The number of fused-ring (bicyclic) bond motifs is 1. The summed E-state index contributed by atoms with van der Waals surface area (Å²) in [7, 11) is 0. The Morgan fingerprint density at radius 2 is 1.56 bits per heavy atom. The van der Waals surface area contributed by atoms with Gasteiger partial charge in [0.1, 0.15) is 5.82 Å². The molecule has 39 heavy (non-hydrogen) atoms. The van der Waals surface area contributed by atoms with E-state index in [0.29, 0.717) is 27.2 Å². The van der Waals surface area contributed by atoms with Crippen LogP contribution in [0.4, 0.5) is 10.1 Å². The lowest BCUT2D eigenvalue weighted by atomic mass is 10.0. The first-order valence-electron chi connectivity index (χ1n) is 12.0. The number of aryl methyl sites for hydroxylation is 1. The number of nitro groups is 1. The smallest absolute Gasteiger partial charge is 0.284 e. The molecule has 190 valence electrons. The number of hydrogen-bond donors (Lipinski definition) is 0. The summed E-state index contributed by atoms with van der Waals surface area (Å²) in [5.41, 5.74) is 4.22. The highest BCUT2D eigenvalue weighted by Gasteiger charge is 2.20. The summed E-state index contributed by atoms with van der Waals surface area (Å²) in [4.78, 5) is 17.6. The fraction of sp³-hybridized carbons (Fsp3) is 0.0333. The molecule has 0 amide bonds. The van der Waals surface area contributed by atoms with Crippen molar-refractivity contribution in [2.45, 2.75) is 16.7 Å². The molecule has 4 aromatic carbocycles. The molecule has 6 rings (SSSR count). The Morgan fingerprint density at radius 3 is 2.33 bits per heavy atom. The first-order chi connectivity index (χ1) is 18.9. The van der Waals surface area contributed by atoms with Gasteiger partial charge in [-0.3, -0.25) is 10.1 Å². The van der Waals surface area contributed by atoms with E-state index in [-0.39, 0.29) is 23.3 Å². The summed E-state index contributed by atoms with van der Waals surface area (Å²) in [5.74, 6) is 0.0654. The van der Waals surface area contributed by atoms with E-state index in [4.69, 9.17) is 9.40 Å².